The average Bonchev–Trinajstić information content (AvgIpc) is 2.86. The van der Waals surface area contributed by atoms with E-state index >= 15 is 0 Å². The van der Waals surface area contributed by atoms with Gasteiger partial charge in [-0.05, 0) is 64.3 Å². The van der Waals surface area contributed by atoms with Crippen LogP contribution in [-0.2, 0) is 25.7 Å². The summed E-state index contributed by atoms with van der Waals surface area (Å²) in [5.74, 6) is -0.933. The van der Waals surface area contributed by atoms with E-state index in [1.165, 1.54) is 6.92 Å². The van der Waals surface area contributed by atoms with Crippen LogP contribution in [-0.4, -0.2) is 35.9 Å². The van der Waals surface area contributed by atoms with Gasteiger partial charge < -0.3 is 9.11 Å². The van der Waals surface area contributed by atoms with E-state index in [0.717, 1.165) is 10.8 Å². The molecular weight excluding hydrogens is 566 g/mol. The smallest absolute Gasteiger partial charge is 0.748 e. The van der Waals surface area contributed by atoms with E-state index in [2.05, 4.69) is 0 Å². The number of hydrogen-bond acceptors (Lipinski definition) is 6. The van der Waals surface area contributed by atoms with E-state index in [4.69, 9.17) is 0 Å². The molecule has 1 fully saturated rings. The molecule has 1 aliphatic rings. The number of hydrogen-bond donors (Lipinski definition) is 0. The van der Waals surface area contributed by atoms with Crippen LogP contribution in [0.4, 0.5) is 0 Å². The number of benzene rings is 4. The molecule has 200 valence electrons. The topological polar surface area (TPSA) is 114 Å². The zero-order chi connectivity index (χ0) is 27.5. The van der Waals surface area contributed by atoms with Crippen LogP contribution in [0.25, 0.3) is 21.5 Å². The quantitative estimate of drug-likeness (QED) is 0.228. The Morgan fingerprint density at radius 3 is 1.55 bits per heavy atom. The second-order valence-corrected chi connectivity index (χ2v) is 14.2. The predicted molar refractivity (Wildman–Crippen MR) is 148 cm³/mol. The molecule has 6 nitrogen and oxygen atoms in total. The first-order valence-electron chi connectivity index (χ1n) is 12.7. The molecule has 0 aliphatic heterocycles. The van der Waals surface area contributed by atoms with Crippen LogP contribution in [0.5, 0.6) is 0 Å². The fraction of sp³-hybridized carbons (Fsp3) is 0.333. The third-order valence-corrected chi connectivity index (χ3v) is 11.7. The first-order valence-corrected chi connectivity index (χ1v) is 15.6. The van der Waals surface area contributed by atoms with Crippen LogP contribution in [0.1, 0.15) is 44.7 Å². The Balaban J connectivity index is 0.00000220. The van der Waals surface area contributed by atoms with Gasteiger partial charge in [-0.25, -0.2) is 16.8 Å². The number of fused-ring (bicyclic) bond motifs is 2. The molecule has 4 aromatic carbocycles. The molecule has 0 saturated heterocycles. The standard InChI is InChI=1S/C30H32O6S2.2Na/c1-20(2)23-18-19-29(3,38(34,35)36)30(28(23)37(31,32)33,26-16-8-12-21-10-4-6-14-24(21)26)27-17-9-13-22-11-5-7-15-25(22)27;;/h4-17,20,23,28H,18-19H2,1-3H3,(H,31,32,33)(H,34,35,36);;/q;2*+1/p-2. The van der Waals surface area contributed by atoms with Gasteiger partial charge >= 0.3 is 59.1 Å². The van der Waals surface area contributed by atoms with Gasteiger partial charge in [0, 0.05) is 0 Å². The molecule has 0 aromatic heterocycles. The Kier molecular flexibility index (Phi) is 10.2. The molecule has 3 atom stereocenters. The van der Waals surface area contributed by atoms with Crippen molar-refractivity contribution in [3.63, 3.8) is 0 Å². The van der Waals surface area contributed by atoms with Crippen LogP contribution in [0.3, 0.4) is 0 Å². The summed E-state index contributed by atoms with van der Waals surface area (Å²) in [6, 6.07) is 25.1. The van der Waals surface area contributed by atoms with Crippen LogP contribution in [0, 0.1) is 11.8 Å². The van der Waals surface area contributed by atoms with E-state index < -0.39 is 41.6 Å². The van der Waals surface area contributed by atoms with Crippen molar-refractivity contribution in [1.29, 1.82) is 0 Å². The summed E-state index contributed by atoms with van der Waals surface area (Å²) in [5, 5.41) is 1.02. The van der Waals surface area contributed by atoms with Crippen molar-refractivity contribution in [3.8, 4) is 0 Å². The molecule has 4 aromatic rings. The van der Waals surface area contributed by atoms with Gasteiger partial charge in [0.25, 0.3) is 0 Å². The van der Waals surface area contributed by atoms with Crippen molar-refractivity contribution in [2.75, 3.05) is 0 Å². The Morgan fingerprint density at radius 1 is 0.725 bits per heavy atom. The molecule has 1 aliphatic carbocycles. The van der Waals surface area contributed by atoms with Gasteiger partial charge in [-0.1, -0.05) is 98.8 Å². The Labute approximate surface area is 281 Å². The second-order valence-electron chi connectivity index (χ2n) is 10.9. The summed E-state index contributed by atoms with van der Waals surface area (Å²) in [6.45, 7) is 5.02. The van der Waals surface area contributed by atoms with Crippen molar-refractivity contribution in [2.24, 2.45) is 11.8 Å². The van der Waals surface area contributed by atoms with Gasteiger partial charge in [-0.3, -0.25) is 0 Å². The van der Waals surface area contributed by atoms with Crippen molar-refractivity contribution in [1.82, 2.24) is 0 Å². The van der Waals surface area contributed by atoms with Crippen molar-refractivity contribution in [2.45, 2.75) is 49.0 Å². The number of rotatable bonds is 5. The fourth-order valence-electron chi connectivity index (χ4n) is 7.01. The van der Waals surface area contributed by atoms with E-state index in [1.54, 1.807) is 48.5 Å². The molecule has 10 heteroatoms. The fourth-order valence-corrected chi connectivity index (χ4v) is 10.0. The summed E-state index contributed by atoms with van der Waals surface area (Å²) in [7, 11) is -10.3. The first-order chi connectivity index (χ1) is 17.8. The molecule has 0 amide bonds. The molecule has 0 radical (unpaired) electrons. The molecule has 0 bridgehead atoms. The molecule has 3 unspecified atom stereocenters. The maximum absolute atomic E-state index is 13.5. The Bertz CT molecular complexity index is 1660. The van der Waals surface area contributed by atoms with E-state index in [0.29, 0.717) is 21.9 Å². The molecule has 0 N–H and O–H groups in total. The summed E-state index contributed by atoms with van der Waals surface area (Å²) in [4.78, 5) is 0. The minimum absolute atomic E-state index is 0. The van der Waals surface area contributed by atoms with Gasteiger partial charge in [0.05, 0.1) is 25.5 Å². The van der Waals surface area contributed by atoms with Crippen LogP contribution < -0.4 is 59.1 Å². The van der Waals surface area contributed by atoms with Gasteiger partial charge in [0.1, 0.15) is 10.1 Å². The van der Waals surface area contributed by atoms with Gasteiger partial charge in [0.2, 0.25) is 0 Å². The summed E-state index contributed by atoms with van der Waals surface area (Å²) in [6.07, 6.45) is 0.0409. The zero-order valence-corrected chi connectivity index (χ0v) is 29.1. The minimum atomic E-state index is -5.16. The Hall–Kier alpha value is -0.780. The third kappa shape index (κ3) is 5.17. The molecule has 1 saturated carbocycles. The minimum Gasteiger partial charge on any atom is -0.748 e. The maximum Gasteiger partial charge on any atom is 1.00 e. The van der Waals surface area contributed by atoms with E-state index in [-0.39, 0.29) is 77.9 Å². The molecule has 0 spiro atoms. The molecular formula is C30H30Na2O6S2. The average molecular weight is 597 g/mol. The van der Waals surface area contributed by atoms with Gasteiger partial charge in [-0.15, -0.1) is 0 Å². The summed E-state index contributed by atoms with van der Waals surface area (Å²) >= 11 is 0. The van der Waals surface area contributed by atoms with Crippen LogP contribution in [0.15, 0.2) is 84.9 Å². The van der Waals surface area contributed by atoms with Crippen molar-refractivity contribution < 1.29 is 85.1 Å². The van der Waals surface area contributed by atoms with Crippen molar-refractivity contribution >= 4 is 41.8 Å². The van der Waals surface area contributed by atoms with Crippen LogP contribution in [0.2, 0.25) is 0 Å². The first kappa shape index (κ1) is 33.7. The maximum atomic E-state index is 13.5. The Morgan fingerprint density at radius 2 is 1.15 bits per heavy atom. The monoisotopic (exact) mass is 596 g/mol. The molecule has 40 heavy (non-hydrogen) atoms. The van der Waals surface area contributed by atoms with Crippen LogP contribution >= 0.6 is 0 Å². The second kappa shape index (κ2) is 12.1. The van der Waals surface area contributed by atoms with Crippen molar-refractivity contribution in [3.05, 3.63) is 96.1 Å². The van der Waals surface area contributed by atoms with E-state index in [1.807, 2.05) is 50.2 Å². The SMILES string of the molecule is CC(C)C1CCC(C)(S(=O)(=O)[O-])C(c2cccc3ccccc23)(c2cccc3ccccc23)C1S(=O)(=O)[O-].[Na+].[Na+]. The van der Waals surface area contributed by atoms with Gasteiger partial charge in [0.15, 0.2) is 0 Å². The largest absolute Gasteiger partial charge is 1.00 e. The third-order valence-electron chi connectivity index (χ3n) is 8.75. The van der Waals surface area contributed by atoms with E-state index in [9.17, 15) is 25.9 Å². The normalized spacial score (nSPS) is 22.9. The summed E-state index contributed by atoms with van der Waals surface area (Å²) < 4.78 is 78.7. The molecule has 0 heterocycles. The van der Waals surface area contributed by atoms with Gasteiger partial charge in [-0.2, -0.15) is 0 Å². The molecule has 5 rings (SSSR count). The predicted octanol–water partition coefficient (Wildman–Crippen LogP) is -0.429. The summed E-state index contributed by atoms with van der Waals surface area (Å²) in [5.41, 5.74) is -1.25. The zero-order valence-electron chi connectivity index (χ0n) is 23.5.